The number of rotatable bonds is 6. The number of nitro groups is 1. The summed E-state index contributed by atoms with van der Waals surface area (Å²) in [5.41, 5.74) is -1.65. The van der Waals surface area contributed by atoms with Crippen molar-refractivity contribution in [3.63, 3.8) is 0 Å². The first-order chi connectivity index (χ1) is 12.8. The van der Waals surface area contributed by atoms with E-state index in [2.05, 4.69) is 6.58 Å². The molecule has 2 aromatic carbocycles. The fourth-order valence-electron chi connectivity index (χ4n) is 3.13. The molecule has 0 aromatic heterocycles. The van der Waals surface area contributed by atoms with Gasteiger partial charge in [-0.05, 0) is 18.2 Å². The second-order valence-electron chi connectivity index (χ2n) is 6.13. The molecule has 0 fully saturated rings. The van der Waals surface area contributed by atoms with Crippen molar-refractivity contribution in [2.24, 2.45) is 0 Å². The molecule has 1 atom stereocenters. The number of Topliss-reactive ketones (excluding diaryl/α,β-unsaturated/α-hetero) is 1. The summed E-state index contributed by atoms with van der Waals surface area (Å²) in [5.74, 6) is -1.26. The standard InChI is InChI=1S/C19H15ClN2O5/c1-2-8-21-16-7-6-13(20)10-15(16)19(25,18(21)24)11-17(23)12-4-3-5-14(9-12)22(26)27/h2-7,9-10,25H,1,8,11H2. The van der Waals surface area contributed by atoms with E-state index in [0.29, 0.717) is 10.7 Å². The van der Waals surface area contributed by atoms with Crippen LogP contribution in [0.2, 0.25) is 5.02 Å². The fraction of sp³-hybridized carbons (Fsp3) is 0.158. The summed E-state index contributed by atoms with van der Waals surface area (Å²) >= 11 is 6.01. The third kappa shape index (κ3) is 3.22. The van der Waals surface area contributed by atoms with Crippen molar-refractivity contribution in [3.8, 4) is 0 Å². The number of non-ortho nitro benzene ring substituents is 1. The number of fused-ring (bicyclic) bond motifs is 1. The van der Waals surface area contributed by atoms with E-state index in [1.807, 2.05) is 0 Å². The molecular weight excluding hydrogens is 372 g/mol. The van der Waals surface area contributed by atoms with Gasteiger partial charge in [0.25, 0.3) is 11.6 Å². The minimum Gasteiger partial charge on any atom is -0.375 e. The molecule has 1 aliphatic heterocycles. The van der Waals surface area contributed by atoms with Gasteiger partial charge >= 0.3 is 0 Å². The van der Waals surface area contributed by atoms with Crippen LogP contribution in [0.1, 0.15) is 22.3 Å². The third-order valence-electron chi connectivity index (χ3n) is 4.40. The maximum Gasteiger partial charge on any atom is 0.270 e. The van der Waals surface area contributed by atoms with Gasteiger partial charge in [0.2, 0.25) is 0 Å². The van der Waals surface area contributed by atoms with Crippen LogP contribution in [0.4, 0.5) is 11.4 Å². The van der Waals surface area contributed by atoms with Crippen LogP contribution in [-0.4, -0.2) is 28.3 Å². The summed E-state index contributed by atoms with van der Waals surface area (Å²) in [5, 5.41) is 22.3. The summed E-state index contributed by atoms with van der Waals surface area (Å²) in [6.07, 6.45) is 0.943. The van der Waals surface area contributed by atoms with Crippen LogP contribution in [0.15, 0.2) is 55.1 Å². The van der Waals surface area contributed by atoms with E-state index in [-0.39, 0.29) is 23.4 Å². The highest BCUT2D eigenvalue weighted by Crippen LogP contribution is 2.44. The molecule has 1 amide bonds. The second kappa shape index (κ2) is 6.94. The number of nitro benzene ring substituents is 1. The Bertz CT molecular complexity index is 974. The summed E-state index contributed by atoms with van der Waals surface area (Å²) in [7, 11) is 0. The molecule has 27 heavy (non-hydrogen) atoms. The number of hydrogen-bond acceptors (Lipinski definition) is 5. The number of ketones is 1. The van der Waals surface area contributed by atoms with Crippen molar-refractivity contribution in [3.05, 3.63) is 81.4 Å². The number of nitrogens with zero attached hydrogens (tertiary/aromatic N) is 2. The van der Waals surface area contributed by atoms with Gasteiger partial charge in [-0.3, -0.25) is 19.7 Å². The maximum absolute atomic E-state index is 12.9. The Morgan fingerprint density at radius 3 is 2.74 bits per heavy atom. The molecule has 0 saturated heterocycles. The van der Waals surface area contributed by atoms with Crippen LogP contribution in [0.5, 0.6) is 0 Å². The average molecular weight is 387 g/mol. The molecular formula is C19H15ClN2O5. The molecule has 7 nitrogen and oxygen atoms in total. The van der Waals surface area contributed by atoms with E-state index in [1.54, 1.807) is 12.1 Å². The third-order valence-corrected chi connectivity index (χ3v) is 4.64. The number of carbonyl (C=O) groups excluding carboxylic acids is 2. The molecule has 2 aromatic rings. The van der Waals surface area contributed by atoms with Crippen molar-refractivity contribution >= 4 is 34.7 Å². The zero-order valence-corrected chi connectivity index (χ0v) is 14.8. The zero-order chi connectivity index (χ0) is 19.8. The van der Waals surface area contributed by atoms with Crippen LogP contribution < -0.4 is 4.90 Å². The van der Waals surface area contributed by atoms with E-state index < -0.39 is 28.6 Å². The van der Waals surface area contributed by atoms with Crippen molar-refractivity contribution in [2.75, 3.05) is 11.4 Å². The number of hydrogen-bond donors (Lipinski definition) is 1. The number of halogens is 1. The molecule has 0 aliphatic carbocycles. The summed E-state index contributed by atoms with van der Waals surface area (Å²) in [4.78, 5) is 37.1. The quantitative estimate of drug-likeness (QED) is 0.355. The smallest absolute Gasteiger partial charge is 0.270 e. The predicted molar refractivity (Wildman–Crippen MR) is 99.9 cm³/mol. The average Bonchev–Trinajstić information content (AvgIpc) is 2.84. The van der Waals surface area contributed by atoms with Gasteiger partial charge in [0.05, 0.1) is 17.0 Å². The number of amides is 1. The highest BCUT2D eigenvalue weighted by molar-refractivity contribution is 6.31. The van der Waals surface area contributed by atoms with Gasteiger partial charge in [-0.25, -0.2) is 0 Å². The van der Waals surface area contributed by atoms with Gasteiger partial charge in [0, 0.05) is 34.8 Å². The lowest BCUT2D eigenvalue weighted by Gasteiger charge is -2.22. The number of carbonyl (C=O) groups is 2. The molecule has 3 rings (SSSR count). The van der Waals surface area contributed by atoms with Gasteiger partial charge in [-0.1, -0.05) is 29.8 Å². The fourth-order valence-corrected chi connectivity index (χ4v) is 3.30. The SMILES string of the molecule is C=CCN1C(=O)C(O)(CC(=O)c2cccc([N+](=O)[O-])c2)c2cc(Cl)ccc21. The highest BCUT2D eigenvalue weighted by Gasteiger charge is 2.50. The monoisotopic (exact) mass is 386 g/mol. The molecule has 1 aliphatic rings. The molecule has 0 spiro atoms. The van der Waals surface area contributed by atoms with Crippen molar-refractivity contribution < 1.29 is 19.6 Å². The van der Waals surface area contributed by atoms with E-state index in [4.69, 9.17) is 11.6 Å². The Morgan fingerprint density at radius 1 is 1.33 bits per heavy atom. The normalized spacial score (nSPS) is 18.3. The first kappa shape index (κ1) is 18.8. The van der Waals surface area contributed by atoms with Gasteiger partial charge in [0.15, 0.2) is 11.4 Å². The Balaban J connectivity index is 2.00. The maximum atomic E-state index is 12.9. The van der Waals surface area contributed by atoms with Gasteiger partial charge in [-0.15, -0.1) is 6.58 Å². The van der Waals surface area contributed by atoms with Crippen molar-refractivity contribution in [2.45, 2.75) is 12.0 Å². The molecule has 0 saturated carbocycles. The van der Waals surface area contributed by atoms with Crippen LogP contribution >= 0.6 is 11.6 Å². The van der Waals surface area contributed by atoms with E-state index in [9.17, 15) is 24.8 Å². The Hall–Kier alpha value is -3.03. The minimum atomic E-state index is -2.11. The lowest BCUT2D eigenvalue weighted by Crippen LogP contribution is -2.41. The summed E-state index contributed by atoms with van der Waals surface area (Å²) in [6.45, 7) is 3.75. The van der Waals surface area contributed by atoms with Crippen LogP contribution in [0.25, 0.3) is 0 Å². The van der Waals surface area contributed by atoms with Crippen molar-refractivity contribution in [1.82, 2.24) is 0 Å². The predicted octanol–water partition coefficient (Wildman–Crippen LogP) is 3.24. The van der Waals surface area contributed by atoms with E-state index in [1.165, 1.54) is 35.2 Å². The van der Waals surface area contributed by atoms with Crippen LogP contribution in [0.3, 0.4) is 0 Å². The van der Waals surface area contributed by atoms with Crippen LogP contribution in [-0.2, 0) is 10.4 Å². The Morgan fingerprint density at radius 2 is 2.07 bits per heavy atom. The zero-order valence-electron chi connectivity index (χ0n) is 14.1. The number of aliphatic hydroxyl groups is 1. The molecule has 0 bridgehead atoms. The topological polar surface area (TPSA) is 101 Å². The van der Waals surface area contributed by atoms with E-state index in [0.717, 1.165) is 6.07 Å². The molecule has 8 heteroatoms. The highest BCUT2D eigenvalue weighted by atomic mass is 35.5. The van der Waals surface area contributed by atoms with Gasteiger partial charge in [0.1, 0.15) is 0 Å². The molecule has 1 N–H and O–H groups in total. The number of anilines is 1. The lowest BCUT2D eigenvalue weighted by atomic mass is 9.88. The van der Waals surface area contributed by atoms with Crippen molar-refractivity contribution in [1.29, 1.82) is 0 Å². The lowest BCUT2D eigenvalue weighted by molar-refractivity contribution is -0.384. The molecule has 138 valence electrons. The Labute approximate surface area is 159 Å². The van der Waals surface area contributed by atoms with Gasteiger partial charge < -0.3 is 10.0 Å². The first-order valence-electron chi connectivity index (χ1n) is 8.01. The van der Waals surface area contributed by atoms with Crippen LogP contribution in [0, 0.1) is 10.1 Å². The molecule has 1 heterocycles. The Kier molecular flexibility index (Phi) is 4.82. The van der Waals surface area contributed by atoms with E-state index >= 15 is 0 Å². The molecule has 0 radical (unpaired) electrons. The minimum absolute atomic E-state index is 0.0381. The number of benzene rings is 2. The van der Waals surface area contributed by atoms with Gasteiger partial charge in [-0.2, -0.15) is 0 Å². The second-order valence-corrected chi connectivity index (χ2v) is 6.57. The largest absolute Gasteiger partial charge is 0.375 e. The molecule has 1 unspecified atom stereocenters. The summed E-state index contributed by atoms with van der Waals surface area (Å²) in [6, 6.07) is 9.77. The first-order valence-corrected chi connectivity index (χ1v) is 8.38. The summed E-state index contributed by atoms with van der Waals surface area (Å²) < 4.78 is 0.